The van der Waals surface area contributed by atoms with E-state index in [0.717, 1.165) is 0 Å². The third-order valence-corrected chi connectivity index (χ3v) is 3.95. The summed E-state index contributed by atoms with van der Waals surface area (Å²) in [4.78, 5) is 4.22. The first-order chi connectivity index (χ1) is 8.49. The molecule has 0 aliphatic heterocycles. The van der Waals surface area contributed by atoms with Gasteiger partial charge in [0.05, 0.1) is 17.1 Å². The summed E-state index contributed by atoms with van der Waals surface area (Å²) in [5.74, 6) is 1.00. The third kappa shape index (κ3) is 2.77. The number of sulfonamides is 1. The second-order valence-electron chi connectivity index (χ2n) is 3.97. The van der Waals surface area contributed by atoms with Gasteiger partial charge in [-0.25, -0.2) is 13.4 Å². The fourth-order valence-electron chi connectivity index (χ4n) is 1.52. The van der Waals surface area contributed by atoms with Gasteiger partial charge in [0.2, 0.25) is 15.9 Å². The smallest absolute Gasteiger partial charge is 0.241 e. The van der Waals surface area contributed by atoms with E-state index < -0.39 is 16.1 Å². The molecule has 0 saturated carbocycles. The van der Waals surface area contributed by atoms with Crippen molar-refractivity contribution in [2.75, 3.05) is 0 Å². The minimum absolute atomic E-state index is 0.222. The van der Waals surface area contributed by atoms with Crippen LogP contribution in [-0.4, -0.2) is 13.4 Å². The molecular formula is C12H14N2O3S. The Morgan fingerprint density at radius 3 is 2.50 bits per heavy atom. The van der Waals surface area contributed by atoms with Crippen molar-refractivity contribution >= 4 is 10.0 Å². The van der Waals surface area contributed by atoms with Crippen molar-refractivity contribution in [3.8, 4) is 0 Å². The zero-order chi connectivity index (χ0) is 13.2. The molecule has 1 aromatic carbocycles. The lowest BCUT2D eigenvalue weighted by Crippen LogP contribution is -2.27. The maximum Gasteiger partial charge on any atom is 0.241 e. The standard InChI is InChI=1S/C12H14N2O3S/c1-9-8-13-12(17-9)10(2)14-18(15,16)11-6-4-3-5-7-11/h3-8,10,14H,1-2H3. The predicted molar refractivity (Wildman–Crippen MR) is 66.4 cm³/mol. The number of aryl methyl sites for hydroxylation is 1. The molecule has 0 saturated heterocycles. The quantitative estimate of drug-likeness (QED) is 0.919. The predicted octanol–water partition coefficient (Wildman–Crippen LogP) is 2.02. The summed E-state index contributed by atoms with van der Waals surface area (Å²) in [6, 6.07) is 7.68. The van der Waals surface area contributed by atoms with Crippen LogP contribution in [0.25, 0.3) is 0 Å². The van der Waals surface area contributed by atoms with Crippen molar-refractivity contribution in [1.82, 2.24) is 9.71 Å². The van der Waals surface area contributed by atoms with Crippen molar-refractivity contribution in [3.05, 3.63) is 48.2 Å². The van der Waals surface area contributed by atoms with Gasteiger partial charge in [-0.1, -0.05) is 18.2 Å². The Labute approximate surface area is 106 Å². The summed E-state index contributed by atoms with van der Waals surface area (Å²) in [7, 11) is -3.55. The molecular weight excluding hydrogens is 252 g/mol. The maximum absolute atomic E-state index is 12.0. The van der Waals surface area contributed by atoms with Gasteiger partial charge >= 0.3 is 0 Å². The Morgan fingerprint density at radius 2 is 1.94 bits per heavy atom. The summed E-state index contributed by atoms with van der Waals surface area (Å²) in [6.07, 6.45) is 1.56. The molecule has 1 heterocycles. The monoisotopic (exact) mass is 266 g/mol. The van der Waals surface area contributed by atoms with Crippen LogP contribution >= 0.6 is 0 Å². The van der Waals surface area contributed by atoms with E-state index in [1.165, 1.54) is 12.1 Å². The van der Waals surface area contributed by atoms with E-state index in [4.69, 9.17) is 4.42 Å². The Bertz CT molecular complexity index is 620. The number of aromatic nitrogens is 1. The molecule has 6 heteroatoms. The summed E-state index contributed by atoms with van der Waals surface area (Å²) < 4.78 is 31.9. The summed E-state index contributed by atoms with van der Waals surface area (Å²) in [6.45, 7) is 3.45. The van der Waals surface area contributed by atoms with Gasteiger partial charge in [0.1, 0.15) is 5.76 Å². The Morgan fingerprint density at radius 1 is 1.28 bits per heavy atom. The van der Waals surface area contributed by atoms with Gasteiger partial charge in [0.15, 0.2) is 0 Å². The highest BCUT2D eigenvalue weighted by Crippen LogP contribution is 2.16. The maximum atomic E-state index is 12.0. The molecule has 1 atom stereocenters. The zero-order valence-corrected chi connectivity index (χ0v) is 10.9. The Hall–Kier alpha value is -1.66. The summed E-state index contributed by atoms with van der Waals surface area (Å²) >= 11 is 0. The number of nitrogens with one attached hydrogen (secondary N) is 1. The highest BCUT2D eigenvalue weighted by atomic mass is 32.2. The van der Waals surface area contributed by atoms with E-state index in [-0.39, 0.29) is 4.90 Å². The van der Waals surface area contributed by atoms with Crippen LogP contribution in [0, 0.1) is 6.92 Å². The van der Waals surface area contributed by atoms with Gasteiger partial charge in [-0.15, -0.1) is 0 Å². The van der Waals surface area contributed by atoms with Crippen LogP contribution in [0.1, 0.15) is 24.6 Å². The molecule has 0 spiro atoms. The Balaban J connectivity index is 2.19. The number of hydrogen-bond donors (Lipinski definition) is 1. The SMILES string of the molecule is Cc1cnc(C(C)NS(=O)(=O)c2ccccc2)o1. The number of nitrogens with zero attached hydrogens (tertiary/aromatic N) is 1. The van der Waals surface area contributed by atoms with E-state index in [0.29, 0.717) is 11.7 Å². The fraction of sp³-hybridized carbons (Fsp3) is 0.250. The molecule has 1 unspecified atom stereocenters. The minimum Gasteiger partial charge on any atom is -0.444 e. The highest BCUT2D eigenvalue weighted by molar-refractivity contribution is 7.89. The van der Waals surface area contributed by atoms with Gasteiger partial charge in [-0.3, -0.25) is 0 Å². The topological polar surface area (TPSA) is 72.2 Å². The van der Waals surface area contributed by atoms with Crippen molar-refractivity contribution in [3.63, 3.8) is 0 Å². The van der Waals surface area contributed by atoms with E-state index >= 15 is 0 Å². The largest absolute Gasteiger partial charge is 0.444 e. The Kier molecular flexibility index (Phi) is 3.49. The van der Waals surface area contributed by atoms with Crippen LogP contribution in [0.4, 0.5) is 0 Å². The average molecular weight is 266 g/mol. The highest BCUT2D eigenvalue weighted by Gasteiger charge is 2.20. The van der Waals surface area contributed by atoms with Crippen LogP contribution in [0.15, 0.2) is 45.8 Å². The zero-order valence-electron chi connectivity index (χ0n) is 10.1. The van der Waals surface area contributed by atoms with Crippen LogP contribution in [0.3, 0.4) is 0 Å². The van der Waals surface area contributed by atoms with Crippen LogP contribution in [0.2, 0.25) is 0 Å². The second-order valence-corrected chi connectivity index (χ2v) is 5.68. The van der Waals surface area contributed by atoms with Crippen LogP contribution in [0.5, 0.6) is 0 Å². The van der Waals surface area contributed by atoms with Crippen molar-refractivity contribution in [2.24, 2.45) is 0 Å². The number of hydrogen-bond acceptors (Lipinski definition) is 4. The molecule has 2 rings (SSSR count). The van der Waals surface area contributed by atoms with Crippen molar-refractivity contribution < 1.29 is 12.8 Å². The second kappa shape index (κ2) is 4.91. The van der Waals surface area contributed by atoms with Gasteiger partial charge < -0.3 is 4.42 Å². The van der Waals surface area contributed by atoms with E-state index in [9.17, 15) is 8.42 Å². The molecule has 1 N–H and O–H groups in total. The first kappa shape index (κ1) is 12.8. The van der Waals surface area contributed by atoms with Gasteiger partial charge in [-0.05, 0) is 26.0 Å². The lowest BCUT2D eigenvalue weighted by atomic mass is 10.4. The van der Waals surface area contributed by atoms with Crippen molar-refractivity contribution in [1.29, 1.82) is 0 Å². The molecule has 0 amide bonds. The molecule has 18 heavy (non-hydrogen) atoms. The summed E-state index contributed by atoms with van der Waals surface area (Å²) in [5, 5.41) is 0. The first-order valence-electron chi connectivity index (χ1n) is 5.49. The number of benzene rings is 1. The molecule has 1 aromatic heterocycles. The summed E-state index contributed by atoms with van der Waals surface area (Å²) in [5.41, 5.74) is 0. The van der Waals surface area contributed by atoms with E-state index in [1.807, 2.05) is 0 Å². The van der Waals surface area contributed by atoms with Crippen LogP contribution in [-0.2, 0) is 10.0 Å². The van der Waals surface area contributed by atoms with Gasteiger partial charge in [0.25, 0.3) is 0 Å². The van der Waals surface area contributed by atoms with Crippen LogP contribution < -0.4 is 4.72 Å². The normalized spacial score (nSPS) is 13.4. The molecule has 0 radical (unpaired) electrons. The van der Waals surface area contributed by atoms with E-state index in [2.05, 4.69) is 9.71 Å². The average Bonchev–Trinajstić information content (AvgIpc) is 2.77. The number of rotatable bonds is 4. The van der Waals surface area contributed by atoms with Crippen molar-refractivity contribution in [2.45, 2.75) is 24.8 Å². The lowest BCUT2D eigenvalue weighted by molar-refractivity contribution is 0.428. The molecule has 2 aromatic rings. The third-order valence-electron chi connectivity index (χ3n) is 2.40. The molecule has 5 nitrogen and oxygen atoms in total. The number of oxazole rings is 1. The fourth-order valence-corrected chi connectivity index (χ4v) is 2.74. The molecule has 96 valence electrons. The minimum atomic E-state index is -3.55. The van der Waals surface area contributed by atoms with Gasteiger partial charge in [-0.2, -0.15) is 4.72 Å². The van der Waals surface area contributed by atoms with E-state index in [1.54, 1.807) is 38.2 Å². The van der Waals surface area contributed by atoms with Gasteiger partial charge in [0, 0.05) is 0 Å². The molecule has 0 bridgehead atoms. The first-order valence-corrected chi connectivity index (χ1v) is 6.97. The molecule has 0 aliphatic carbocycles. The molecule has 0 aliphatic rings. The lowest BCUT2D eigenvalue weighted by Gasteiger charge is -2.10. The molecule has 0 fully saturated rings.